The van der Waals surface area contributed by atoms with E-state index in [-0.39, 0.29) is 23.6 Å². The fraction of sp³-hybridized carbons (Fsp3) is 0.0500. The lowest BCUT2D eigenvalue weighted by Gasteiger charge is -2.07. The predicted octanol–water partition coefficient (Wildman–Crippen LogP) is 4.28. The molecule has 0 saturated carbocycles. The maximum atomic E-state index is 12.6. The van der Waals surface area contributed by atoms with E-state index in [1.165, 1.54) is 23.5 Å². The van der Waals surface area contributed by atoms with Gasteiger partial charge < -0.3 is 5.32 Å². The number of carbonyl (C=O) groups excluding carboxylic acids is 1. The second-order valence-corrected chi connectivity index (χ2v) is 7.07. The van der Waals surface area contributed by atoms with Crippen LogP contribution >= 0.6 is 11.3 Å². The predicted molar refractivity (Wildman–Crippen MR) is 110 cm³/mol. The number of anilines is 1. The molecule has 2 aromatic carbocycles. The summed E-state index contributed by atoms with van der Waals surface area (Å²) in [4.78, 5) is 28.9. The Kier molecular flexibility index (Phi) is 5.12. The average molecular weight is 405 g/mol. The third kappa shape index (κ3) is 4.04. The molecule has 4 rings (SSSR count). The van der Waals surface area contributed by atoms with Gasteiger partial charge in [-0.25, -0.2) is 4.98 Å². The van der Waals surface area contributed by atoms with Gasteiger partial charge in [0.2, 0.25) is 0 Å². The van der Waals surface area contributed by atoms with E-state index < -0.39 is 4.92 Å². The summed E-state index contributed by atoms with van der Waals surface area (Å²) in [5.41, 5.74) is 0.858. The molecule has 0 spiro atoms. The van der Waals surface area contributed by atoms with Crippen LogP contribution in [0.5, 0.6) is 0 Å². The standard InChI is InChI=1S/C20H15N5O3S/c26-19(13-5-2-1-3-6-13)14-8-9-15(16(11-14)25(27)28)21-12-18-22-20(24-23-18)17-7-4-10-29-17/h1-11,21H,12H2,(H,22,23,24). The van der Waals surface area contributed by atoms with Gasteiger partial charge in [-0.2, -0.15) is 5.10 Å². The summed E-state index contributed by atoms with van der Waals surface area (Å²) in [6, 6.07) is 16.9. The van der Waals surface area contributed by atoms with Crippen molar-refractivity contribution in [1.82, 2.24) is 15.2 Å². The van der Waals surface area contributed by atoms with Crippen LogP contribution in [-0.2, 0) is 6.54 Å². The quantitative estimate of drug-likeness (QED) is 0.269. The summed E-state index contributed by atoms with van der Waals surface area (Å²) < 4.78 is 0. The van der Waals surface area contributed by atoms with E-state index in [1.54, 1.807) is 36.4 Å². The summed E-state index contributed by atoms with van der Waals surface area (Å²) in [6.45, 7) is 0.227. The summed E-state index contributed by atoms with van der Waals surface area (Å²) in [6.07, 6.45) is 0. The molecule has 0 saturated heterocycles. The summed E-state index contributed by atoms with van der Waals surface area (Å²) in [5, 5.41) is 23.4. The van der Waals surface area contributed by atoms with Crippen LogP contribution in [0, 0.1) is 10.1 Å². The molecule has 0 aliphatic rings. The van der Waals surface area contributed by atoms with Gasteiger partial charge in [-0.3, -0.25) is 20.0 Å². The Hall–Kier alpha value is -3.85. The van der Waals surface area contributed by atoms with Crippen molar-refractivity contribution in [3.63, 3.8) is 0 Å². The maximum absolute atomic E-state index is 12.6. The molecule has 0 radical (unpaired) electrons. The third-order valence-corrected chi connectivity index (χ3v) is 5.08. The highest BCUT2D eigenvalue weighted by Gasteiger charge is 2.19. The Bertz CT molecular complexity index is 1160. The summed E-state index contributed by atoms with van der Waals surface area (Å²) >= 11 is 1.53. The zero-order valence-electron chi connectivity index (χ0n) is 15.0. The SMILES string of the molecule is O=C(c1ccccc1)c1ccc(NCc2nc(-c3cccs3)n[nH]2)c([N+](=O)[O-])c1. The van der Waals surface area contributed by atoms with Gasteiger partial charge in [0, 0.05) is 17.2 Å². The van der Waals surface area contributed by atoms with Crippen molar-refractivity contribution >= 4 is 28.5 Å². The largest absolute Gasteiger partial charge is 0.372 e. The van der Waals surface area contributed by atoms with Crippen LogP contribution < -0.4 is 5.32 Å². The maximum Gasteiger partial charge on any atom is 0.293 e. The van der Waals surface area contributed by atoms with Crippen molar-refractivity contribution in [2.45, 2.75) is 6.54 Å². The smallest absolute Gasteiger partial charge is 0.293 e. The van der Waals surface area contributed by atoms with Gasteiger partial charge in [-0.15, -0.1) is 11.3 Å². The van der Waals surface area contributed by atoms with E-state index in [2.05, 4.69) is 20.5 Å². The van der Waals surface area contributed by atoms with Crippen LogP contribution in [0.1, 0.15) is 21.7 Å². The number of aromatic nitrogens is 3. The normalized spacial score (nSPS) is 10.6. The highest BCUT2D eigenvalue weighted by Crippen LogP contribution is 2.27. The van der Waals surface area contributed by atoms with Gasteiger partial charge in [-0.05, 0) is 23.6 Å². The highest BCUT2D eigenvalue weighted by molar-refractivity contribution is 7.13. The van der Waals surface area contributed by atoms with E-state index in [0.29, 0.717) is 22.9 Å². The Labute approximate surface area is 169 Å². The van der Waals surface area contributed by atoms with Crippen LogP contribution in [0.25, 0.3) is 10.7 Å². The van der Waals surface area contributed by atoms with Crippen molar-refractivity contribution in [3.05, 3.63) is 93.1 Å². The van der Waals surface area contributed by atoms with Crippen molar-refractivity contribution < 1.29 is 9.72 Å². The van der Waals surface area contributed by atoms with Crippen molar-refractivity contribution in [2.75, 3.05) is 5.32 Å². The molecule has 8 nitrogen and oxygen atoms in total. The molecule has 2 heterocycles. The highest BCUT2D eigenvalue weighted by atomic mass is 32.1. The number of nitrogens with one attached hydrogen (secondary N) is 2. The number of rotatable bonds is 7. The first-order chi connectivity index (χ1) is 14.1. The van der Waals surface area contributed by atoms with Crippen molar-refractivity contribution in [1.29, 1.82) is 0 Å². The first-order valence-electron chi connectivity index (χ1n) is 8.69. The van der Waals surface area contributed by atoms with Gasteiger partial charge in [0.05, 0.1) is 16.3 Å². The number of H-pyrrole nitrogens is 1. The van der Waals surface area contributed by atoms with Gasteiger partial charge in [0.1, 0.15) is 11.5 Å². The van der Waals surface area contributed by atoms with E-state index in [0.717, 1.165) is 4.88 Å². The number of aromatic amines is 1. The minimum Gasteiger partial charge on any atom is -0.372 e. The lowest BCUT2D eigenvalue weighted by molar-refractivity contribution is -0.384. The molecule has 0 amide bonds. The van der Waals surface area contributed by atoms with E-state index in [9.17, 15) is 14.9 Å². The van der Waals surface area contributed by atoms with E-state index >= 15 is 0 Å². The van der Waals surface area contributed by atoms with Crippen LogP contribution in [0.3, 0.4) is 0 Å². The molecule has 0 unspecified atom stereocenters. The zero-order chi connectivity index (χ0) is 20.2. The number of hydrogen-bond donors (Lipinski definition) is 2. The number of nitro benzene ring substituents is 1. The zero-order valence-corrected chi connectivity index (χ0v) is 15.8. The lowest BCUT2D eigenvalue weighted by atomic mass is 10.0. The topological polar surface area (TPSA) is 114 Å². The molecule has 2 aromatic heterocycles. The number of carbonyl (C=O) groups is 1. The fourth-order valence-corrected chi connectivity index (χ4v) is 3.46. The molecule has 0 atom stereocenters. The molecular weight excluding hydrogens is 390 g/mol. The monoisotopic (exact) mass is 405 g/mol. The molecule has 0 aliphatic carbocycles. The Morgan fingerprint density at radius 2 is 1.93 bits per heavy atom. The molecule has 2 N–H and O–H groups in total. The van der Waals surface area contributed by atoms with Crippen molar-refractivity contribution in [2.24, 2.45) is 0 Å². The van der Waals surface area contributed by atoms with Gasteiger partial charge in [-0.1, -0.05) is 36.4 Å². The summed E-state index contributed by atoms with van der Waals surface area (Å²) in [5.74, 6) is 0.860. The molecule has 0 fully saturated rings. The fourth-order valence-electron chi connectivity index (χ4n) is 2.80. The van der Waals surface area contributed by atoms with Gasteiger partial charge in [0.25, 0.3) is 5.69 Å². The number of nitrogens with zero attached hydrogens (tertiary/aromatic N) is 3. The molecule has 9 heteroatoms. The molecule has 29 heavy (non-hydrogen) atoms. The van der Waals surface area contributed by atoms with Crippen molar-refractivity contribution in [3.8, 4) is 10.7 Å². The lowest BCUT2D eigenvalue weighted by Crippen LogP contribution is -2.07. The number of hydrogen-bond acceptors (Lipinski definition) is 7. The summed E-state index contributed by atoms with van der Waals surface area (Å²) in [7, 11) is 0. The average Bonchev–Trinajstić information content (AvgIpc) is 3.44. The Balaban J connectivity index is 1.53. The second-order valence-electron chi connectivity index (χ2n) is 6.12. The first-order valence-corrected chi connectivity index (χ1v) is 9.57. The van der Waals surface area contributed by atoms with Crippen LogP contribution in [-0.4, -0.2) is 25.9 Å². The van der Waals surface area contributed by atoms with Crippen LogP contribution in [0.4, 0.5) is 11.4 Å². The van der Waals surface area contributed by atoms with Gasteiger partial charge >= 0.3 is 0 Å². The Morgan fingerprint density at radius 1 is 1.10 bits per heavy atom. The molecule has 4 aromatic rings. The minimum atomic E-state index is -0.512. The molecular formula is C20H15N5O3S. The number of thiophene rings is 1. The van der Waals surface area contributed by atoms with Crippen LogP contribution in [0.15, 0.2) is 66.0 Å². The second kappa shape index (κ2) is 8.03. The van der Waals surface area contributed by atoms with E-state index in [1.807, 2.05) is 17.5 Å². The minimum absolute atomic E-state index is 0.176. The Morgan fingerprint density at radius 3 is 2.66 bits per heavy atom. The third-order valence-electron chi connectivity index (χ3n) is 4.21. The first kappa shape index (κ1) is 18.5. The number of benzene rings is 2. The molecule has 0 aliphatic heterocycles. The number of ketones is 1. The number of nitro groups is 1. The molecule has 0 bridgehead atoms. The van der Waals surface area contributed by atoms with Gasteiger partial charge in [0.15, 0.2) is 11.6 Å². The molecule has 144 valence electrons. The van der Waals surface area contributed by atoms with E-state index in [4.69, 9.17) is 0 Å². The van der Waals surface area contributed by atoms with Crippen LogP contribution in [0.2, 0.25) is 0 Å².